The van der Waals surface area contributed by atoms with E-state index in [-0.39, 0.29) is 12.1 Å². The summed E-state index contributed by atoms with van der Waals surface area (Å²) in [7, 11) is 0. The smallest absolute Gasteiger partial charge is 0.407 e. The van der Waals surface area contributed by atoms with Crippen LogP contribution in [0.4, 0.5) is 4.79 Å². The van der Waals surface area contributed by atoms with E-state index >= 15 is 0 Å². The molecule has 2 N–H and O–H groups in total. The van der Waals surface area contributed by atoms with Crippen molar-refractivity contribution in [2.75, 3.05) is 13.1 Å². The summed E-state index contributed by atoms with van der Waals surface area (Å²) in [6.45, 7) is 11.4. The van der Waals surface area contributed by atoms with Crippen LogP contribution in [0.15, 0.2) is 30.3 Å². The van der Waals surface area contributed by atoms with Gasteiger partial charge in [0, 0.05) is 12.6 Å². The van der Waals surface area contributed by atoms with Crippen LogP contribution in [-0.2, 0) is 11.2 Å². The van der Waals surface area contributed by atoms with E-state index in [1.165, 1.54) is 5.56 Å². The second kappa shape index (κ2) is 8.79. The van der Waals surface area contributed by atoms with Crippen LogP contribution in [0.25, 0.3) is 0 Å². The number of carbonyl (C=O) groups is 1. The minimum atomic E-state index is -0.466. The van der Waals surface area contributed by atoms with Crippen molar-refractivity contribution in [3.63, 3.8) is 0 Å². The Hall–Kier alpha value is -1.55. The molecule has 0 saturated heterocycles. The number of benzene rings is 1. The average Bonchev–Trinajstić information content (AvgIpc) is 2.41. The molecular weight excluding hydrogens is 276 g/mol. The first-order chi connectivity index (χ1) is 10.3. The highest BCUT2D eigenvalue weighted by Crippen LogP contribution is 2.08. The number of alkyl carbamates (subject to hydrolysis) is 1. The molecule has 4 nitrogen and oxygen atoms in total. The molecule has 1 rings (SSSR count). The van der Waals surface area contributed by atoms with Crippen molar-refractivity contribution in [2.24, 2.45) is 5.92 Å². The number of amides is 1. The van der Waals surface area contributed by atoms with Crippen LogP contribution < -0.4 is 10.6 Å². The number of nitrogens with one attached hydrogen (secondary N) is 2. The molecule has 22 heavy (non-hydrogen) atoms. The van der Waals surface area contributed by atoms with Gasteiger partial charge in [0.2, 0.25) is 0 Å². The zero-order chi connectivity index (χ0) is 16.6. The molecule has 0 aliphatic rings. The van der Waals surface area contributed by atoms with Gasteiger partial charge >= 0.3 is 6.09 Å². The summed E-state index contributed by atoms with van der Waals surface area (Å²) in [5.74, 6) is 0.344. The largest absolute Gasteiger partial charge is 0.444 e. The lowest BCUT2D eigenvalue weighted by atomic mass is 10.0. The molecule has 4 heteroatoms. The topological polar surface area (TPSA) is 50.4 Å². The number of hydrogen-bond acceptors (Lipinski definition) is 3. The van der Waals surface area contributed by atoms with Gasteiger partial charge in [-0.15, -0.1) is 0 Å². The van der Waals surface area contributed by atoms with Crippen LogP contribution in [-0.4, -0.2) is 30.8 Å². The zero-order valence-electron chi connectivity index (χ0n) is 14.5. The van der Waals surface area contributed by atoms with E-state index in [2.05, 4.69) is 48.7 Å². The quantitative estimate of drug-likeness (QED) is 0.759. The van der Waals surface area contributed by atoms with Gasteiger partial charge in [0.1, 0.15) is 5.60 Å². The third-order valence-corrected chi connectivity index (χ3v) is 3.30. The minimum Gasteiger partial charge on any atom is -0.444 e. The summed E-state index contributed by atoms with van der Waals surface area (Å²) < 4.78 is 5.32. The number of ether oxygens (including phenoxy) is 1. The molecule has 0 aliphatic heterocycles. The molecule has 1 aromatic carbocycles. The fourth-order valence-electron chi connectivity index (χ4n) is 2.05. The predicted octanol–water partition coefficient (Wildman–Crippen LogP) is 3.37. The summed E-state index contributed by atoms with van der Waals surface area (Å²) >= 11 is 0. The Balaban J connectivity index is 2.33. The van der Waals surface area contributed by atoms with Gasteiger partial charge in [-0.05, 0) is 45.2 Å². The fourth-order valence-corrected chi connectivity index (χ4v) is 2.05. The maximum atomic E-state index is 11.9. The molecule has 0 bridgehead atoms. The molecule has 0 heterocycles. The normalized spacial score (nSPS) is 13.0. The number of hydrogen-bond donors (Lipinski definition) is 2. The molecule has 1 atom stereocenters. The zero-order valence-corrected chi connectivity index (χ0v) is 14.5. The predicted molar refractivity (Wildman–Crippen MR) is 91.0 cm³/mol. The molecule has 1 aromatic rings. The van der Waals surface area contributed by atoms with Crippen LogP contribution in [0, 0.1) is 5.92 Å². The second-order valence-corrected chi connectivity index (χ2v) is 6.94. The Bertz CT molecular complexity index is 438. The molecule has 1 unspecified atom stereocenters. The first kappa shape index (κ1) is 18.5. The molecule has 0 saturated carbocycles. The van der Waals surface area contributed by atoms with Crippen LogP contribution in [0.1, 0.15) is 40.2 Å². The van der Waals surface area contributed by atoms with E-state index in [0.717, 1.165) is 19.5 Å². The van der Waals surface area contributed by atoms with Crippen molar-refractivity contribution < 1.29 is 9.53 Å². The third kappa shape index (κ3) is 8.03. The van der Waals surface area contributed by atoms with Crippen LogP contribution in [0.3, 0.4) is 0 Å². The second-order valence-electron chi connectivity index (χ2n) is 6.94. The van der Waals surface area contributed by atoms with Crippen molar-refractivity contribution in [1.82, 2.24) is 10.6 Å². The number of rotatable bonds is 7. The van der Waals surface area contributed by atoms with E-state index in [1.807, 2.05) is 26.8 Å². The van der Waals surface area contributed by atoms with Crippen molar-refractivity contribution in [2.45, 2.75) is 52.7 Å². The molecule has 0 aliphatic carbocycles. The van der Waals surface area contributed by atoms with Crippen molar-refractivity contribution >= 4 is 6.09 Å². The molecule has 124 valence electrons. The summed E-state index contributed by atoms with van der Waals surface area (Å²) in [6.07, 6.45) is 0.633. The van der Waals surface area contributed by atoms with E-state index in [0.29, 0.717) is 5.92 Å². The first-order valence-electron chi connectivity index (χ1n) is 8.02. The Morgan fingerprint density at radius 1 is 1.18 bits per heavy atom. The highest BCUT2D eigenvalue weighted by molar-refractivity contribution is 5.68. The van der Waals surface area contributed by atoms with Crippen molar-refractivity contribution in [3.8, 4) is 0 Å². The summed E-state index contributed by atoms with van der Waals surface area (Å²) in [5.41, 5.74) is 0.850. The molecule has 0 radical (unpaired) electrons. The van der Waals surface area contributed by atoms with E-state index in [9.17, 15) is 4.79 Å². The highest BCUT2D eigenvalue weighted by Gasteiger charge is 2.21. The summed E-state index contributed by atoms with van der Waals surface area (Å²) in [6, 6.07) is 10.4. The van der Waals surface area contributed by atoms with Gasteiger partial charge in [-0.25, -0.2) is 4.79 Å². The lowest BCUT2D eigenvalue weighted by molar-refractivity contribution is 0.0490. The summed E-state index contributed by atoms with van der Waals surface area (Å²) in [4.78, 5) is 11.9. The van der Waals surface area contributed by atoms with Gasteiger partial charge in [0.25, 0.3) is 0 Å². The number of carbonyl (C=O) groups excluding carboxylic acids is 1. The Morgan fingerprint density at radius 2 is 1.82 bits per heavy atom. The third-order valence-electron chi connectivity index (χ3n) is 3.30. The van der Waals surface area contributed by atoms with Crippen molar-refractivity contribution in [3.05, 3.63) is 35.9 Å². The molecule has 0 fully saturated rings. The molecule has 0 aromatic heterocycles. The Kier molecular flexibility index (Phi) is 7.39. The fraction of sp³-hybridized carbons (Fsp3) is 0.611. The Morgan fingerprint density at radius 3 is 2.36 bits per heavy atom. The minimum absolute atomic E-state index is 0.0608. The van der Waals surface area contributed by atoms with E-state index in [1.54, 1.807) is 0 Å². The van der Waals surface area contributed by atoms with E-state index < -0.39 is 5.60 Å². The standard InChI is InChI=1S/C18H30N2O2/c1-14(2)16(20-17(21)22-18(3,4)5)13-19-12-11-15-9-7-6-8-10-15/h6-10,14,16,19H,11-13H2,1-5H3,(H,20,21). The van der Waals surface area contributed by atoms with Gasteiger partial charge in [-0.1, -0.05) is 44.2 Å². The summed E-state index contributed by atoms with van der Waals surface area (Å²) in [5, 5.41) is 6.36. The highest BCUT2D eigenvalue weighted by atomic mass is 16.6. The Labute approximate surface area is 134 Å². The maximum absolute atomic E-state index is 11.9. The van der Waals surface area contributed by atoms with Crippen molar-refractivity contribution in [1.29, 1.82) is 0 Å². The SMILES string of the molecule is CC(C)C(CNCCc1ccccc1)NC(=O)OC(C)(C)C. The molecule has 0 spiro atoms. The monoisotopic (exact) mass is 306 g/mol. The van der Waals surface area contributed by atoms with Crippen LogP contribution in [0.2, 0.25) is 0 Å². The molecular formula is C18H30N2O2. The van der Waals surface area contributed by atoms with Gasteiger partial charge in [0.15, 0.2) is 0 Å². The van der Waals surface area contributed by atoms with E-state index in [4.69, 9.17) is 4.74 Å². The van der Waals surface area contributed by atoms with Crippen LogP contribution >= 0.6 is 0 Å². The lowest BCUT2D eigenvalue weighted by Crippen LogP contribution is -2.47. The average molecular weight is 306 g/mol. The van der Waals surface area contributed by atoms with Gasteiger partial charge in [-0.3, -0.25) is 0 Å². The first-order valence-corrected chi connectivity index (χ1v) is 8.02. The van der Waals surface area contributed by atoms with Gasteiger partial charge in [-0.2, -0.15) is 0 Å². The molecule has 1 amide bonds. The van der Waals surface area contributed by atoms with Gasteiger partial charge < -0.3 is 15.4 Å². The van der Waals surface area contributed by atoms with Gasteiger partial charge in [0.05, 0.1) is 0 Å². The lowest BCUT2D eigenvalue weighted by Gasteiger charge is -2.26. The maximum Gasteiger partial charge on any atom is 0.407 e. The van der Waals surface area contributed by atoms with Crippen LogP contribution in [0.5, 0.6) is 0 Å².